The van der Waals surface area contributed by atoms with Crippen LogP contribution in [0.15, 0.2) is 35.5 Å². The van der Waals surface area contributed by atoms with Gasteiger partial charge >= 0.3 is 0 Å². The summed E-state index contributed by atoms with van der Waals surface area (Å²) in [5.41, 5.74) is 0.838. The number of nitrogens with zero attached hydrogens (tertiary/aromatic N) is 3. The van der Waals surface area contributed by atoms with Gasteiger partial charge in [-0.1, -0.05) is 12.1 Å². The second-order valence-electron chi connectivity index (χ2n) is 5.87. The van der Waals surface area contributed by atoms with Crippen LogP contribution in [0.5, 0.6) is 5.75 Å². The number of hydrogen-bond acceptors (Lipinski definition) is 5. The average Bonchev–Trinajstić information content (AvgIpc) is 3.08. The highest BCUT2D eigenvalue weighted by Gasteiger charge is 2.24. The molecule has 0 saturated heterocycles. The van der Waals surface area contributed by atoms with Gasteiger partial charge in [-0.25, -0.2) is 4.98 Å². The summed E-state index contributed by atoms with van der Waals surface area (Å²) in [4.78, 5) is 23.7. The largest absolute Gasteiger partial charge is 0.482 e. The van der Waals surface area contributed by atoms with Crippen molar-refractivity contribution in [3.8, 4) is 5.75 Å². The third-order valence-electron chi connectivity index (χ3n) is 3.96. The fourth-order valence-corrected chi connectivity index (χ4v) is 3.43. The van der Waals surface area contributed by atoms with Crippen molar-refractivity contribution in [1.29, 1.82) is 0 Å². The summed E-state index contributed by atoms with van der Waals surface area (Å²) < 4.78 is 5.46. The van der Waals surface area contributed by atoms with E-state index < -0.39 is 0 Å². The van der Waals surface area contributed by atoms with E-state index in [0.29, 0.717) is 19.6 Å². The minimum Gasteiger partial charge on any atom is -0.482 e. The smallest absolute Gasteiger partial charge is 0.265 e. The quantitative estimate of drug-likeness (QED) is 0.460. The van der Waals surface area contributed by atoms with E-state index in [0.717, 1.165) is 28.8 Å². The molecule has 2 aromatic rings. The SMILES string of the molecule is CN=C(NCCCN1C(=O)COc2ccccc21)NCc1ncc(C)s1. The molecule has 8 heteroatoms. The maximum atomic E-state index is 12.1. The lowest BCUT2D eigenvalue weighted by atomic mass is 10.2. The van der Waals surface area contributed by atoms with E-state index in [9.17, 15) is 4.79 Å². The van der Waals surface area contributed by atoms with Crippen molar-refractivity contribution in [3.05, 3.63) is 40.3 Å². The van der Waals surface area contributed by atoms with Crippen molar-refractivity contribution in [3.63, 3.8) is 0 Å². The number of amides is 1. The Kier molecular flexibility index (Phi) is 6.06. The first-order chi connectivity index (χ1) is 12.7. The number of aliphatic imine (C=N–C) groups is 1. The van der Waals surface area contributed by atoms with Gasteiger partial charge in [0.1, 0.15) is 10.8 Å². The number of anilines is 1. The van der Waals surface area contributed by atoms with Gasteiger partial charge in [-0.05, 0) is 25.5 Å². The average molecular weight is 373 g/mol. The van der Waals surface area contributed by atoms with Crippen LogP contribution < -0.4 is 20.3 Å². The van der Waals surface area contributed by atoms with Gasteiger partial charge < -0.3 is 20.3 Å². The fraction of sp³-hybridized carbons (Fsp3) is 0.389. The molecule has 1 aliphatic heterocycles. The van der Waals surface area contributed by atoms with Crippen LogP contribution in [-0.4, -0.2) is 43.6 Å². The van der Waals surface area contributed by atoms with Crippen molar-refractivity contribution < 1.29 is 9.53 Å². The van der Waals surface area contributed by atoms with E-state index >= 15 is 0 Å². The molecule has 1 aliphatic rings. The summed E-state index contributed by atoms with van der Waals surface area (Å²) in [6.45, 7) is 4.13. The molecule has 7 nitrogen and oxygen atoms in total. The molecular formula is C18H23N5O2S. The van der Waals surface area contributed by atoms with E-state index in [1.165, 1.54) is 4.88 Å². The molecule has 0 radical (unpaired) electrons. The van der Waals surface area contributed by atoms with E-state index in [1.54, 1.807) is 23.3 Å². The Bertz CT molecular complexity index is 789. The Hall–Kier alpha value is -2.61. The number of carbonyl (C=O) groups is 1. The zero-order chi connectivity index (χ0) is 18.4. The molecule has 0 fully saturated rings. The summed E-state index contributed by atoms with van der Waals surface area (Å²) >= 11 is 1.67. The number of para-hydroxylation sites is 2. The molecular weight excluding hydrogens is 350 g/mol. The van der Waals surface area contributed by atoms with Crippen LogP contribution in [0.4, 0.5) is 5.69 Å². The predicted octanol–water partition coefficient (Wildman–Crippen LogP) is 1.93. The molecule has 0 saturated carbocycles. The Morgan fingerprint density at radius 3 is 3.00 bits per heavy atom. The third kappa shape index (κ3) is 4.51. The van der Waals surface area contributed by atoms with Crippen molar-refractivity contribution in [2.45, 2.75) is 19.9 Å². The minimum absolute atomic E-state index is 0.00894. The summed E-state index contributed by atoms with van der Waals surface area (Å²) in [5, 5.41) is 7.55. The van der Waals surface area contributed by atoms with Crippen LogP contribution in [-0.2, 0) is 11.3 Å². The minimum atomic E-state index is -0.00894. The number of carbonyl (C=O) groups excluding carboxylic acids is 1. The second-order valence-corrected chi connectivity index (χ2v) is 7.19. The summed E-state index contributed by atoms with van der Waals surface area (Å²) in [6, 6.07) is 7.63. The molecule has 1 aromatic heterocycles. The number of guanidine groups is 1. The highest BCUT2D eigenvalue weighted by Crippen LogP contribution is 2.31. The number of rotatable bonds is 6. The highest BCUT2D eigenvalue weighted by molar-refractivity contribution is 7.11. The molecule has 138 valence electrons. The monoisotopic (exact) mass is 373 g/mol. The molecule has 2 heterocycles. The third-order valence-corrected chi connectivity index (χ3v) is 4.87. The van der Waals surface area contributed by atoms with Crippen LogP contribution in [0.2, 0.25) is 0 Å². The molecule has 0 bridgehead atoms. The Balaban J connectivity index is 1.45. The lowest BCUT2D eigenvalue weighted by Crippen LogP contribution is -2.41. The number of aromatic nitrogens is 1. The van der Waals surface area contributed by atoms with Gasteiger partial charge in [-0.2, -0.15) is 0 Å². The number of nitrogens with one attached hydrogen (secondary N) is 2. The van der Waals surface area contributed by atoms with Crippen LogP contribution in [0, 0.1) is 6.92 Å². The first-order valence-corrected chi connectivity index (χ1v) is 9.37. The molecule has 2 N–H and O–H groups in total. The van der Waals surface area contributed by atoms with Gasteiger partial charge in [-0.15, -0.1) is 11.3 Å². The number of ether oxygens (including phenoxy) is 1. The standard InChI is InChI=1S/C18H23N5O2S/c1-13-10-21-16(26-13)11-22-18(19-2)20-8-5-9-23-14-6-3-4-7-15(14)25-12-17(23)24/h3-4,6-7,10H,5,8-9,11-12H2,1-2H3,(H2,19,20,22). The fourth-order valence-electron chi connectivity index (χ4n) is 2.71. The molecule has 0 aliphatic carbocycles. The van der Waals surface area contributed by atoms with Crippen molar-refractivity contribution in [2.75, 3.05) is 31.6 Å². The van der Waals surface area contributed by atoms with Gasteiger partial charge in [0.25, 0.3) is 5.91 Å². The normalized spacial score (nSPS) is 14.0. The van der Waals surface area contributed by atoms with Gasteiger partial charge in [0.05, 0.1) is 12.2 Å². The van der Waals surface area contributed by atoms with Crippen LogP contribution in [0.25, 0.3) is 0 Å². The Labute approximate surface area is 157 Å². The van der Waals surface area contributed by atoms with Gasteiger partial charge in [0, 0.05) is 31.2 Å². The van der Waals surface area contributed by atoms with Crippen molar-refractivity contribution >= 4 is 28.9 Å². The van der Waals surface area contributed by atoms with Crippen molar-refractivity contribution in [1.82, 2.24) is 15.6 Å². The zero-order valence-corrected chi connectivity index (χ0v) is 15.8. The predicted molar refractivity (Wildman–Crippen MR) is 104 cm³/mol. The first-order valence-electron chi connectivity index (χ1n) is 8.55. The van der Waals surface area contributed by atoms with Crippen LogP contribution in [0.1, 0.15) is 16.3 Å². The van der Waals surface area contributed by atoms with Gasteiger partial charge in [0.2, 0.25) is 0 Å². The molecule has 0 spiro atoms. The molecule has 3 rings (SSSR count). The van der Waals surface area contributed by atoms with E-state index in [1.807, 2.05) is 37.4 Å². The Morgan fingerprint density at radius 1 is 1.38 bits per heavy atom. The maximum Gasteiger partial charge on any atom is 0.265 e. The number of fused-ring (bicyclic) bond motifs is 1. The van der Waals surface area contributed by atoms with Gasteiger partial charge in [-0.3, -0.25) is 9.79 Å². The highest BCUT2D eigenvalue weighted by atomic mass is 32.1. The number of aryl methyl sites for hydroxylation is 1. The van der Waals surface area contributed by atoms with E-state index in [-0.39, 0.29) is 12.5 Å². The van der Waals surface area contributed by atoms with Gasteiger partial charge in [0.15, 0.2) is 12.6 Å². The van der Waals surface area contributed by atoms with Crippen molar-refractivity contribution in [2.24, 2.45) is 4.99 Å². The van der Waals surface area contributed by atoms with Crippen LogP contribution >= 0.6 is 11.3 Å². The molecule has 26 heavy (non-hydrogen) atoms. The molecule has 1 amide bonds. The molecule has 0 unspecified atom stereocenters. The Morgan fingerprint density at radius 2 is 2.23 bits per heavy atom. The summed E-state index contributed by atoms with van der Waals surface area (Å²) in [7, 11) is 1.74. The lowest BCUT2D eigenvalue weighted by molar-refractivity contribution is -0.121. The lowest BCUT2D eigenvalue weighted by Gasteiger charge is -2.29. The van der Waals surface area contributed by atoms with E-state index in [2.05, 4.69) is 20.6 Å². The van der Waals surface area contributed by atoms with E-state index in [4.69, 9.17) is 4.74 Å². The maximum absolute atomic E-state index is 12.1. The molecule has 1 aromatic carbocycles. The number of benzene rings is 1. The zero-order valence-electron chi connectivity index (χ0n) is 15.0. The number of thiazole rings is 1. The summed E-state index contributed by atoms with van der Waals surface area (Å²) in [5.74, 6) is 1.48. The number of hydrogen-bond donors (Lipinski definition) is 2. The van der Waals surface area contributed by atoms with Crippen LogP contribution in [0.3, 0.4) is 0 Å². The second kappa shape index (κ2) is 8.66. The molecule has 0 atom stereocenters. The summed E-state index contributed by atoms with van der Waals surface area (Å²) in [6.07, 6.45) is 2.67. The topological polar surface area (TPSA) is 78.9 Å². The first kappa shape index (κ1) is 18.2.